The van der Waals surface area contributed by atoms with Gasteiger partial charge in [0.15, 0.2) is 11.6 Å². The summed E-state index contributed by atoms with van der Waals surface area (Å²) >= 11 is 12.6. The lowest BCUT2D eigenvalue weighted by atomic mass is 10.0. The van der Waals surface area contributed by atoms with Gasteiger partial charge in [0.25, 0.3) is 0 Å². The lowest BCUT2D eigenvalue weighted by molar-refractivity contribution is -0.119. The first-order chi connectivity index (χ1) is 17.4. The summed E-state index contributed by atoms with van der Waals surface area (Å²) in [6.45, 7) is 4.37. The van der Waals surface area contributed by atoms with Crippen LogP contribution in [0.2, 0.25) is 10.0 Å². The van der Waals surface area contributed by atoms with E-state index in [1.807, 2.05) is 12.1 Å². The maximum atomic E-state index is 11.4. The van der Waals surface area contributed by atoms with Crippen LogP contribution in [0.4, 0.5) is 5.82 Å². The van der Waals surface area contributed by atoms with Gasteiger partial charge in [0.1, 0.15) is 6.61 Å². The number of aromatic amines is 1. The fourth-order valence-corrected chi connectivity index (χ4v) is 5.17. The Kier molecular flexibility index (Phi) is 7.05. The zero-order valence-electron chi connectivity index (χ0n) is 19.9. The molecule has 36 heavy (non-hydrogen) atoms. The lowest BCUT2D eigenvalue weighted by Gasteiger charge is -2.16. The molecule has 1 fully saturated rings. The van der Waals surface area contributed by atoms with Gasteiger partial charge in [0.2, 0.25) is 5.91 Å². The number of carbonyl (C=O) groups is 1. The molecule has 1 amide bonds. The van der Waals surface area contributed by atoms with Crippen LogP contribution in [0.25, 0.3) is 22.0 Å². The summed E-state index contributed by atoms with van der Waals surface area (Å²) in [4.78, 5) is 21.5. The largest absolute Gasteiger partial charge is 0.485 e. The van der Waals surface area contributed by atoms with E-state index in [1.54, 1.807) is 31.3 Å². The molecule has 1 aliphatic rings. The highest BCUT2D eigenvalue weighted by atomic mass is 35.5. The fourth-order valence-electron chi connectivity index (χ4n) is 4.66. The number of nitrogens with zero attached hydrogens (tertiary/aromatic N) is 2. The van der Waals surface area contributed by atoms with Gasteiger partial charge >= 0.3 is 0 Å². The molecule has 0 spiro atoms. The van der Waals surface area contributed by atoms with Crippen molar-refractivity contribution in [2.45, 2.75) is 32.5 Å². The highest BCUT2D eigenvalue weighted by Crippen LogP contribution is 2.32. The molecule has 186 valence electrons. The number of carbonyl (C=O) groups excluding carboxylic acids is 1. The Hall–Kier alpha value is -3.26. The van der Waals surface area contributed by atoms with Crippen LogP contribution in [0.3, 0.4) is 0 Å². The Morgan fingerprint density at radius 2 is 2.03 bits per heavy atom. The standard InChI is InChI=1S/C27H27Cl2N5O2/c1-16(35)33-20-7-8-34(14-20)13-19-12-31-25-6-5-17(9-21(19)25)18-10-26(27(30)32-11-18)36-15-22-23(28)3-2-4-24(22)29/h2-6,9-12,20,31H,7-8,13-15H2,1H3,(H2,30,32)(H,33,35)/t20-/m1/s1. The molecule has 1 saturated heterocycles. The number of nitrogens with one attached hydrogen (secondary N) is 2. The number of amides is 1. The third-order valence-electron chi connectivity index (χ3n) is 6.49. The number of ether oxygens (including phenoxy) is 1. The highest BCUT2D eigenvalue weighted by molar-refractivity contribution is 6.35. The summed E-state index contributed by atoms with van der Waals surface area (Å²) in [7, 11) is 0. The Labute approximate surface area is 219 Å². The molecule has 0 aliphatic carbocycles. The smallest absolute Gasteiger partial charge is 0.217 e. The average molecular weight is 524 g/mol. The van der Waals surface area contributed by atoms with Crippen molar-refractivity contribution in [3.63, 3.8) is 0 Å². The SMILES string of the molecule is CC(=O)N[C@@H]1CCN(Cc2c[nH]c3ccc(-c4cnc(N)c(OCc5c(Cl)cccc5Cl)c4)cc23)C1. The second kappa shape index (κ2) is 10.4. The molecular weight excluding hydrogens is 497 g/mol. The number of nitrogens with two attached hydrogens (primary N) is 1. The molecule has 0 bridgehead atoms. The van der Waals surface area contributed by atoms with Crippen molar-refractivity contribution in [2.75, 3.05) is 18.8 Å². The van der Waals surface area contributed by atoms with Gasteiger partial charge in [0.05, 0.1) is 0 Å². The number of likely N-dealkylation sites (tertiary alicyclic amines) is 1. The number of nitrogen functional groups attached to an aromatic ring is 1. The monoisotopic (exact) mass is 523 g/mol. The molecule has 1 aliphatic heterocycles. The lowest BCUT2D eigenvalue weighted by Crippen LogP contribution is -2.35. The molecule has 3 heterocycles. The van der Waals surface area contributed by atoms with Crippen molar-refractivity contribution in [2.24, 2.45) is 0 Å². The van der Waals surface area contributed by atoms with Crippen molar-refractivity contribution in [3.05, 3.63) is 76.0 Å². The van der Waals surface area contributed by atoms with Gasteiger partial charge in [-0.2, -0.15) is 0 Å². The van der Waals surface area contributed by atoms with E-state index in [0.717, 1.165) is 48.1 Å². The normalized spacial score (nSPS) is 15.9. The highest BCUT2D eigenvalue weighted by Gasteiger charge is 2.23. The number of rotatable bonds is 7. The van der Waals surface area contributed by atoms with E-state index < -0.39 is 0 Å². The van der Waals surface area contributed by atoms with Crippen molar-refractivity contribution >= 4 is 45.8 Å². The van der Waals surface area contributed by atoms with Crippen LogP contribution in [-0.4, -0.2) is 39.9 Å². The summed E-state index contributed by atoms with van der Waals surface area (Å²) in [5.74, 6) is 0.793. The molecular formula is C27H27Cl2N5O2. The first-order valence-corrected chi connectivity index (χ1v) is 12.5. The van der Waals surface area contributed by atoms with E-state index in [-0.39, 0.29) is 18.6 Å². The summed E-state index contributed by atoms with van der Waals surface area (Å²) in [6, 6.07) is 13.7. The van der Waals surface area contributed by atoms with Crippen LogP contribution in [-0.2, 0) is 17.9 Å². The molecule has 4 aromatic rings. The quantitative estimate of drug-likeness (QED) is 0.301. The second-order valence-electron chi connectivity index (χ2n) is 9.09. The average Bonchev–Trinajstić information content (AvgIpc) is 3.46. The molecule has 0 radical (unpaired) electrons. The Bertz CT molecular complexity index is 1400. The number of hydrogen-bond acceptors (Lipinski definition) is 5. The maximum absolute atomic E-state index is 11.4. The van der Waals surface area contributed by atoms with Crippen molar-refractivity contribution in [1.29, 1.82) is 0 Å². The number of pyridine rings is 1. The van der Waals surface area contributed by atoms with Gasteiger partial charge in [-0.25, -0.2) is 4.98 Å². The number of H-pyrrole nitrogens is 1. The molecule has 0 saturated carbocycles. The molecule has 2 aromatic heterocycles. The van der Waals surface area contributed by atoms with Crippen molar-refractivity contribution in [1.82, 2.24) is 20.2 Å². The minimum atomic E-state index is 0.0222. The van der Waals surface area contributed by atoms with Gasteiger partial charge in [-0.3, -0.25) is 9.69 Å². The van der Waals surface area contributed by atoms with E-state index in [9.17, 15) is 4.79 Å². The molecule has 4 N–H and O–H groups in total. The van der Waals surface area contributed by atoms with Gasteiger partial charge < -0.3 is 20.8 Å². The molecule has 7 nitrogen and oxygen atoms in total. The van der Waals surface area contributed by atoms with Crippen LogP contribution < -0.4 is 15.8 Å². The minimum absolute atomic E-state index is 0.0222. The molecule has 0 unspecified atom stereocenters. The van der Waals surface area contributed by atoms with Gasteiger partial charge in [-0.1, -0.05) is 35.3 Å². The zero-order chi connectivity index (χ0) is 25.2. The van der Waals surface area contributed by atoms with E-state index in [0.29, 0.717) is 27.2 Å². The fraction of sp³-hybridized carbons (Fsp3) is 0.259. The topological polar surface area (TPSA) is 96.3 Å². The van der Waals surface area contributed by atoms with Crippen LogP contribution in [0.1, 0.15) is 24.5 Å². The summed E-state index contributed by atoms with van der Waals surface area (Å²) in [5, 5.41) is 5.25. The Morgan fingerprint density at radius 1 is 1.22 bits per heavy atom. The minimum Gasteiger partial charge on any atom is -0.485 e. The summed E-state index contributed by atoms with van der Waals surface area (Å²) < 4.78 is 5.97. The van der Waals surface area contributed by atoms with E-state index in [2.05, 4.69) is 38.5 Å². The molecule has 1 atom stereocenters. The Morgan fingerprint density at radius 3 is 2.81 bits per heavy atom. The third-order valence-corrected chi connectivity index (χ3v) is 7.20. The van der Waals surface area contributed by atoms with Crippen LogP contribution >= 0.6 is 23.2 Å². The van der Waals surface area contributed by atoms with Gasteiger partial charge in [0, 0.05) is 77.1 Å². The summed E-state index contributed by atoms with van der Waals surface area (Å²) in [6.07, 6.45) is 4.77. The molecule has 5 rings (SSSR count). The predicted molar refractivity (Wildman–Crippen MR) is 144 cm³/mol. The van der Waals surface area contributed by atoms with Crippen LogP contribution in [0.15, 0.2) is 54.9 Å². The van der Waals surface area contributed by atoms with Crippen LogP contribution in [0, 0.1) is 0 Å². The van der Waals surface area contributed by atoms with Crippen LogP contribution in [0.5, 0.6) is 5.75 Å². The Balaban J connectivity index is 1.36. The van der Waals surface area contributed by atoms with E-state index in [4.69, 9.17) is 33.7 Å². The number of anilines is 1. The van der Waals surface area contributed by atoms with E-state index >= 15 is 0 Å². The maximum Gasteiger partial charge on any atom is 0.217 e. The number of aromatic nitrogens is 2. The van der Waals surface area contributed by atoms with E-state index in [1.165, 1.54) is 5.56 Å². The van der Waals surface area contributed by atoms with Crippen molar-refractivity contribution < 1.29 is 9.53 Å². The molecule has 9 heteroatoms. The first-order valence-electron chi connectivity index (χ1n) is 11.8. The zero-order valence-corrected chi connectivity index (χ0v) is 21.4. The predicted octanol–water partition coefficient (Wildman–Crippen LogP) is 5.41. The molecule has 2 aromatic carbocycles. The number of halogens is 2. The second-order valence-corrected chi connectivity index (χ2v) is 9.91. The first kappa shape index (κ1) is 24.4. The van der Waals surface area contributed by atoms with Gasteiger partial charge in [-0.15, -0.1) is 0 Å². The number of fused-ring (bicyclic) bond motifs is 1. The summed E-state index contributed by atoms with van der Waals surface area (Å²) in [5.41, 5.74) is 11.0. The number of hydrogen-bond donors (Lipinski definition) is 3. The van der Waals surface area contributed by atoms with Crippen molar-refractivity contribution in [3.8, 4) is 16.9 Å². The number of benzene rings is 2. The third kappa shape index (κ3) is 5.28. The van der Waals surface area contributed by atoms with Gasteiger partial charge in [-0.05, 0) is 47.9 Å².